The first-order chi connectivity index (χ1) is 10.8. The van der Waals surface area contributed by atoms with Crippen molar-refractivity contribution in [1.29, 1.82) is 5.26 Å². The largest absolute Gasteiger partial charge is 0.340 e. The van der Waals surface area contributed by atoms with Gasteiger partial charge in [0, 0.05) is 5.69 Å². The monoisotopic (exact) mass is 307 g/mol. The van der Waals surface area contributed by atoms with Gasteiger partial charge < -0.3 is 10.7 Å². The Labute approximate surface area is 131 Å². The van der Waals surface area contributed by atoms with E-state index in [9.17, 15) is 5.26 Å². The average molecular weight is 307 g/mol. The standard InChI is InChI=1S/C16H13N5S/c17-10-12(15(21-18)19-11-6-2-1-3-7-11)16-20-13-8-4-5-9-14(13)22-16/h1-9,19,21H,18H2/b15-12+. The maximum absolute atomic E-state index is 9.51. The van der Waals surface area contributed by atoms with Crippen LogP contribution in [-0.4, -0.2) is 4.98 Å². The van der Waals surface area contributed by atoms with Gasteiger partial charge in [-0.2, -0.15) is 5.26 Å². The number of hydrogen-bond acceptors (Lipinski definition) is 6. The second-order valence-electron chi connectivity index (χ2n) is 4.48. The Morgan fingerprint density at radius 1 is 1.09 bits per heavy atom. The Balaban J connectivity index is 2.04. The van der Waals surface area contributed by atoms with Crippen molar-refractivity contribution in [3.05, 3.63) is 65.4 Å². The van der Waals surface area contributed by atoms with Crippen molar-refractivity contribution in [3.63, 3.8) is 0 Å². The Morgan fingerprint density at radius 3 is 2.50 bits per heavy atom. The third kappa shape index (κ3) is 2.76. The summed E-state index contributed by atoms with van der Waals surface area (Å²) in [6, 6.07) is 19.5. The molecule has 1 heterocycles. The molecule has 0 fully saturated rings. The number of allylic oxidation sites excluding steroid dienone is 1. The van der Waals surface area contributed by atoms with Crippen LogP contribution in [0.3, 0.4) is 0 Å². The van der Waals surface area contributed by atoms with Crippen molar-refractivity contribution < 1.29 is 0 Å². The number of para-hydroxylation sites is 2. The fourth-order valence-electron chi connectivity index (χ4n) is 2.03. The van der Waals surface area contributed by atoms with Gasteiger partial charge in [-0.05, 0) is 24.3 Å². The van der Waals surface area contributed by atoms with E-state index in [0.29, 0.717) is 16.4 Å². The minimum absolute atomic E-state index is 0.382. The summed E-state index contributed by atoms with van der Waals surface area (Å²) in [6.07, 6.45) is 0. The molecule has 4 N–H and O–H groups in total. The van der Waals surface area contributed by atoms with Gasteiger partial charge >= 0.3 is 0 Å². The summed E-state index contributed by atoms with van der Waals surface area (Å²) in [5, 5.41) is 13.2. The van der Waals surface area contributed by atoms with Crippen molar-refractivity contribution in [2.45, 2.75) is 0 Å². The van der Waals surface area contributed by atoms with Crippen molar-refractivity contribution in [3.8, 4) is 6.07 Å². The zero-order valence-corrected chi connectivity index (χ0v) is 12.4. The summed E-state index contributed by atoms with van der Waals surface area (Å²) >= 11 is 1.46. The minimum Gasteiger partial charge on any atom is -0.340 e. The number of nitriles is 1. The smallest absolute Gasteiger partial charge is 0.139 e. The lowest BCUT2D eigenvalue weighted by Gasteiger charge is -2.11. The van der Waals surface area contributed by atoms with Gasteiger partial charge in [0.1, 0.15) is 22.5 Å². The Morgan fingerprint density at radius 2 is 1.82 bits per heavy atom. The molecule has 22 heavy (non-hydrogen) atoms. The summed E-state index contributed by atoms with van der Waals surface area (Å²) in [6.45, 7) is 0. The summed E-state index contributed by atoms with van der Waals surface area (Å²) in [5.41, 5.74) is 4.64. The van der Waals surface area contributed by atoms with Crippen LogP contribution in [0.15, 0.2) is 60.4 Å². The molecule has 3 rings (SSSR count). The molecular weight excluding hydrogens is 294 g/mol. The fraction of sp³-hybridized carbons (Fsp3) is 0. The molecule has 1 aromatic heterocycles. The van der Waals surface area contributed by atoms with Crippen LogP contribution in [0.5, 0.6) is 0 Å². The number of hydrazine groups is 1. The highest BCUT2D eigenvalue weighted by atomic mass is 32.1. The molecule has 2 aromatic carbocycles. The third-order valence-corrected chi connectivity index (χ3v) is 4.11. The zero-order valence-electron chi connectivity index (χ0n) is 11.6. The van der Waals surface area contributed by atoms with Crippen LogP contribution in [0.25, 0.3) is 15.8 Å². The molecule has 108 valence electrons. The van der Waals surface area contributed by atoms with Crippen LogP contribution in [0, 0.1) is 11.3 Å². The molecule has 0 atom stereocenters. The fourth-order valence-corrected chi connectivity index (χ4v) is 2.99. The molecule has 0 unspecified atom stereocenters. The normalized spacial score (nSPS) is 11.6. The van der Waals surface area contributed by atoms with Gasteiger partial charge in [0.15, 0.2) is 0 Å². The van der Waals surface area contributed by atoms with Crippen LogP contribution in [0.2, 0.25) is 0 Å². The second-order valence-corrected chi connectivity index (χ2v) is 5.51. The zero-order chi connectivity index (χ0) is 15.4. The van der Waals surface area contributed by atoms with E-state index in [1.165, 1.54) is 11.3 Å². The second kappa shape index (κ2) is 6.26. The molecule has 3 aromatic rings. The summed E-state index contributed by atoms with van der Waals surface area (Å²) in [5.74, 6) is 6.01. The summed E-state index contributed by atoms with van der Waals surface area (Å²) in [7, 11) is 0. The molecule has 0 aliphatic heterocycles. The SMILES string of the molecule is N#C/C(=C(\NN)Nc1ccccc1)c1nc2ccccc2s1. The van der Waals surface area contributed by atoms with Crippen LogP contribution < -0.4 is 16.6 Å². The maximum Gasteiger partial charge on any atom is 0.139 e. The van der Waals surface area contributed by atoms with E-state index < -0.39 is 0 Å². The number of rotatable bonds is 4. The number of nitrogens with one attached hydrogen (secondary N) is 2. The number of anilines is 1. The highest BCUT2D eigenvalue weighted by Crippen LogP contribution is 2.28. The highest BCUT2D eigenvalue weighted by Gasteiger charge is 2.14. The molecule has 0 aliphatic carbocycles. The topological polar surface area (TPSA) is 86.8 Å². The third-order valence-electron chi connectivity index (χ3n) is 3.06. The van der Waals surface area contributed by atoms with E-state index >= 15 is 0 Å². The minimum atomic E-state index is 0.382. The molecule has 5 nitrogen and oxygen atoms in total. The molecule has 0 aliphatic rings. The van der Waals surface area contributed by atoms with Crippen molar-refractivity contribution >= 4 is 32.8 Å². The van der Waals surface area contributed by atoms with Crippen molar-refractivity contribution in [1.82, 2.24) is 10.4 Å². The van der Waals surface area contributed by atoms with Gasteiger partial charge in [0.05, 0.1) is 10.2 Å². The quantitative estimate of drug-likeness (QED) is 0.392. The first-order valence-electron chi connectivity index (χ1n) is 6.61. The van der Waals surface area contributed by atoms with Crippen molar-refractivity contribution in [2.75, 3.05) is 5.32 Å². The Bertz CT molecular complexity index is 828. The molecule has 6 heteroatoms. The lowest BCUT2D eigenvalue weighted by molar-refractivity contribution is 0.896. The number of nitrogens with two attached hydrogens (primary N) is 1. The molecule has 0 saturated carbocycles. The Hall–Kier alpha value is -2.88. The Kier molecular flexibility index (Phi) is 4.01. The van der Waals surface area contributed by atoms with Gasteiger partial charge in [-0.1, -0.05) is 30.3 Å². The highest BCUT2D eigenvalue weighted by molar-refractivity contribution is 7.19. The molecule has 0 spiro atoms. The van der Waals surface area contributed by atoms with E-state index in [0.717, 1.165) is 15.9 Å². The first kappa shape index (κ1) is 14.1. The number of nitrogens with zero attached hydrogens (tertiary/aromatic N) is 2. The maximum atomic E-state index is 9.51. The molecule has 0 bridgehead atoms. The number of thiazole rings is 1. The predicted molar refractivity (Wildman–Crippen MR) is 89.5 cm³/mol. The summed E-state index contributed by atoms with van der Waals surface area (Å²) in [4.78, 5) is 4.50. The number of fused-ring (bicyclic) bond motifs is 1. The van der Waals surface area contributed by atoms with Crippen LogP contribution >= 0.6 is 11.3 Å². The van der Waals surface area contributed by atoms with Gasteiger partial charge in [-0.3, -0.25) is 0 Å². The molecule has 0 amide bonds. The molecule has 0 radical (unpaired) electrons. The number of hydrogen-bond donors (Lipinski definition) is 3. The van der Waals surface area contributed by atoms with Gasteiger partial charge in [-0.15, -0.1) is 11.3 Å². The van der Waals surface area contributed by atoms with Crippen LogP contribution in [0.4, 0.5) is 5.69 Å². The average Bonchev–Trinajstić information content (AvgIpc) is 2.99. The van der Waals surface area contributed by atoms with Crippen molar-refractivity contribution in [2.24, 2.45) is 5.84 Å². The van der Waals surface area contributed by atoms with Crippen LogP contribution in [0.1, 0.15) is 5.01 Å². The van der Waals surface area contributed by atoms with Gasteiger partial charge in [-0.25, -0.2) is 10.8 Å². The van der Waals surface area contributed by atoms with Gasteiger partial charge in [0.25, 0.3) is 0 Å². The van der Waals surface area contributed by atoms with E-state index in [1.807, 2.05) is 54.6 Å². The van der Waals surface area contributed by atoms with E-state index in [2.05, 4.69) is 21.8 Å². The van der Waals surface area contributed by atoms with Gasteiger partial charge in [0.2, 0.25) is 0 Å². The lowest BCUT2D eigenvalue weighted by atomic mass is 10.2. The van der Waals surface area contributed by atoms with E-state index in [-0.39, 0.29) is 0 Å². The van der Waals surface area contributed by atoms with E-state index in [1.54, 1.807) is 0 Å². The molecule has 0 saturated heterocycles. The first-order valence-corrected chi connectivity index (χ1v) is 7.42. The lowest BCUT2D eigenvalue weighted by Crippen LogP contribution is -2.27. The molecular formula is C16H13N5S. The number of benzene rings is 2. The van der Waals surface area contributed by atoms with Crippen LogP contribution in [-0.2, 0) is 0 Å². The van der Waals surface area contributed by atoms with E-state index in [4.69, 9.17) is 5.84 Å². The predicted octanol–water partition coefficient (Wildman–Crippen LogP) is 3.06. The summed E-state index contributed by atoms with van der Waals surface area (Å²) < 4.78 is 1.03. The number of aromatic nitrogens is 1.